The molecule has 0 unspecified atom stereocenters. The first kappa shape index (κ1) is 24.0. The fraction of sp³-hybridized carbons (Fsp3) is 0.160. The number of amides is 2. The van der Waals surface area contributed by atoms with E-state index in [1.165, 1.54) is 39.3 Å². The van der Waals surface area contributed by atoms with Crippen molar-refractivity contribution in [1.29, 1.82) is 0 Å². The first-order valence-corrected chi connectivity index (χ1v) is 12.2. The van der Waals surface area contributed by atoms with E-state index in [4.69, 9.17) is 0 Å². The van der Waals surface area contributed by atoms with Crippen LogP contribution in [0.3, 0.4) is 0 Å². The smallest absolute Gasteiger partial charge is 0.321 e. The Bertz CT molecular complexity index is 1490. The molecule has 2 heterocycles. The molecule has 0 saturated heterocycles. The van der Waals surface area contributed by atoms with Crippen molar-refractivity contribution in [2.45, 2.75) is 17.7 Å². The van der Waals surface area contributed by atoms with Crippen LogP contribution in [0.4, 0.5) is 10.5 Å². The third kappa shape index (κ3) is 5.02. The number of aliphatic carboxylic acids is 1. The number of carbonyl (C=O) groups excluding carboxylic acids is 1. The standard InChI is InChI=1S/C25H24N4O5S/c1-28(2)25(32)27-20-7-9-21(10-8-20)35(33,34)29-16-19(6-12-24(30)31)22-14-17(5-11-23(22)29)18-4-3-13-26-15-18/h3-5,7-11,13-16H,6,12H2,1-2H3,(H,27,32)(H,30,31). The largest absolute Gasteiger partial charge is 0.481 e. The van der Waals surface area contributed by atoms with Crippen LogP contribution in [0.25, 0.3) is 22.0 Å². The molecule has 0 radical (unpaired) electrons. The van der Waals surface area contributed by atoms with Gasteiger partial charge in [-0.2, -0.15) is 0 Å². The van der Waals surface area contributed by atoms with Gasteiger partial charge in [-0.05, 0) is 60.0 Å². The van der Waals surface area contributed by atoms with Crippen LogP contribution in [-0.4, -0.2) is 53.5 Å². The summed E-state index contributed by atoms with van der Waals surface area (Å²) in [6.45, 7) is 0. The molecule has 0 aliphatic rings. The number of rotatable bonds is 7. The highest BCUT2D eigenvalue weighted by Crippen LogP contribution is 2.31. The average molecular weight is 493 g/mol. The van der Waals surface area contributed by atoms with E-state index in [1.54, 1.807) is 32.6 Å². The lowest BCUT2D eigenvalue weighted by atomic mass is 10.0. The van der Waals surface area contributed by atoms with Gasteiger partial charge in [0.15, 0.2) is 0 Å². The summed E-state index contributed by atoms with van der Waals surface area (Å²) in [6, 6.07) is 14.6. The summed E-state index contributed by atoms with van der Waals surface area (Å²) < 4.78 is 28.3. The van der Waals surface area contributed by atoms with Crippen LogP contribution in [0.5, 0.6) is 0 Å². The molecule has 2 aromatic heterocycles. The second-order valence-electron chi connectivity index (χ2n) is 8.17. The lowest BCUT2D eigenvalue weighted by Crippen LogP contribution is -2.27. The maximum atomic E-state index is 13.5. The van der Waals surface area contributed by atoms with E-state index in [9.17, 15) is 23.1 Å². The zero-order valence-electron chi connectivity index (χ0n) is 19.2. The van der Waals surface area contributed by atoms with Crippen molar-refractivity contribution in [2.75, 3.05) is 19.4 Å². The quantitative estimate of drug-likeness (QED) is 0.401. The highest BCUT2D eigenvalue weighted by atomic mass is 32.2. The van der Waals surface area contributed by atoms with E-state index in [2.05, 4.69) is 10.3 Å². The van der Waals surface area contributed by atoms with Crippen molar-refractivity contribution in [2.24, 2.45) is 0 Å². The van der Waals surface area contributed by atoms with Gasteiger partial charge < -0.3 is 15.3 Å². The molecular weight excluding hydrogens is 468 g/mol. The third-order valence-corrected chi connectivity index (χ3v) is 7.21. The predicted octanol–water partition coefficient (Wildman–Crippen LogP) is 4.05. The minimum absolute atomic E-state index is 0.0402. The first-order chi connectivity index (χ1) is 16.7. The van der Waals surface area contributed by atoms with E-state index in [1.807, 2.05) is 24.3 Å². The number of carboxylic acid groups (broad SMARTS) is 1. The highest BCUT2D eigenvalue weighted by molar-refractivity contribution is 7.90. The minimum Gasteiger partial charge on any atom is -0.481 e. The van der Waals surface area contributed by atoms with Gasteiger partial charge in [-0.3, -0.25) is 9.78 Å². The molecule has 2 N–H and O–H groups in total. The number of anilines is 1. The Morgan fingerprint density at radius 3 is 2.43 bits per heavy atom. The van der Waals surface area contributed by atoms with Gasteiger partial charge in [-0.25, -0.2) is 17.2 Å². The number of carbonyl (C=O) groups is 2. The van der Waals surface area contributed by atoms with Crippen LogP contribution in [0, 0.1) is 0 Å². The van der Waals surface area contributed by atoms with Gasteiger partial charge in [0.1, 0.15) is 0 Å². The Labute approximate surface area is 202 Å². The van der Waals surface area contributed by atoms with Crippen molar-refractivity contribution in [3.05, 3.63) is 78.8 Å². The Hall–Kier alpha value is -4.18. The van der Waals surface area contributed by atoms with Crippen molar-refractivity contribution in [3.63, 3.8) is 0 Å². The van der Waals surface area contributed by atoms with Gasteiger partial charge in [-0.1, -0.05) is 12.1 Å². The molecule has 9 nitrogen and oxygen atoms in total. The molecule has 0 atom stereocenters. The summed E-state index contributed by atoms with van der Waals surface area (Å²) in [7, 11) is -0.780. The molecule has 0 spiro atoms. The third-order valence-electron chi connectivity index (χ3n) is 5.52. The van der Waals surface area contributed by atoms with Crippen LogP contribution in [0.1, 0.15) is 12.0 Å². The molecule has 0 aliphatic heterocycles. The van der Waals surface area contributed by atoms with Crippen LogP contribution in [0.2, 0.25) is 0 Å². The molecule has 35 heavy (non-hydrogen) atoms. The van der Waals surface area contributed by atoms with E-state index in [0.29, 0.717) is 22.2 Å². The second-order valence-corrected chi connectivity index (χ2v) is 9.99. The number of pyridine rings is 1. The fourth-order valence-corrected chi connectivity index (χ4v) is 5.07. The molecule has 180 valence electrons. The van der Waals surface area contributed by atoms with Gasteiger partial charge >= 0.3 is 12.0 Å². The van der Waals surface area contributed by atoms with E-state index >= 15 is 0 Å². The molecule has 0 fully saturated rings. The van der Waals surface area contributed by atoms with E-state index in [0.717, 1.165) is 11.1 Å². The molecule has 0 bridgehead atoms. The minimum atomic E-state index is -3.99. The van der Waals surface area contributed by atoms with Gasteiger partial charge in [0.05, 0.1) is 10.4 Å². The molecule has 2 aromatic carbocycles. The van der Waals surface area contributed by atoms with Crippen LogP contribution >= 0.6 is 0 Å². The van der Waals surface area contributed by atoms with Gasteiger partial charge in [0, 0.05) is 55.7 Å². The number of aryl methyl sites for hydroxylation is 1. The predicted molar refractivity (Wildman–Crippen MR) is 133 cm³/mol. The van der Waals surface area contributed by atoms with E-state index in [-0.39, 0.29) is 23.8 Å². The zero-order valence-corrected chi connectivity index (χ0v) is 20.0. The normalized spacial score (nSPS) is 11.4. The SMILES string of the molecule is CN(C)C(=O)Nc1ccc(S(=O)(=O)n2cc(CCC(=O)O)c3cc(-c4cccnc4)ccc32)cc1. The molecule has 4 rings (SSSR count). The highest BCUT2D eigenvalue weighted by Gasteiger charge is 2.22. The van der Waals surface area contributed by atoms with Crippen molar-refractivity contribution in [1.82, 2.24) is 13.9 Å². The number of benzene rings is 2. The Kier molecular flexibility index (Phi) is 6.57. The van der Waals surface area contributed by atoms with Crippen LogP contribution < -0.4 is 5.32 Å². The molecule has 0 aliphatic carbocycles. The molecule has 2 amide bonds. The summed E-state index contributed by atoms with van der Waals surface area (Å²) in [4.78, 5) is 28.6. The summed E-state index contributed by atoms with van der Waals surface area (Å²) in [6.07, 6.45) is 4.91. The molecule has 0 saturated carbocycles. The number of hydrogen-bond acceptors (Lipinski definition) is 5. The van der Waals surface area contributed by atoms with Gasteiger partial charge in [-0.15, -0.1) is 0 Å². The number of hydrogen-bond donors (Lipinski definition) is 2. The van der Waals surface area contributed by atoms with Gasteiger partial charge in [0.2, 0.25) is 0 Å². The monoisotopic (exact) mass is 492 g/mol. The number of urea groups is 1. The molecular formula is C25H24N4O5S. The zero-order chi connectivity index (χ0) is 25.2. The number of fused-ring (bicyclic) bond motifs is 1. The summed E-state index contributed by atoms with van der Waals surface area (Å²) in [5, 5.41) is 12.5. The van der Waals surface area contributed by atoms with Crippen LogP contribution in [0.15, 0.2) is 78.1 Å². The van der Waals surface area contributed by atoms with Crippen molar-refractivity contribution >= 4 is 38.6 Å². The number of carboxylic acids is 1. The Morgan fingerprint density at radius 1 is 1.06 bits per heavy atom. The summed E-state index contributed by atoms with van der Waals surface area (Å²) in [5.41, 5.74) is 3.24. The fourth-order valence-electron chi connectivity index (χ4n) is 3.68. The van der Waals surface area contributed by atoms with Gasteiger partial charge in [0.25, 0.3) is 10.0 Å². The maximum absolute atomic E-state index is 13.5. The Balaban J connectivity index is 1.77. The van der Waals surface area contributed by atoms with Crippen molar-refractivity contribution in [3.8, 4) is 11.1 Å². The lowest BCUT2D eigenvalue weighted by molar-refractivity contribution is -0.136. The number of nitrogens with one attached hydrogen (secondary N) is 1. The topological polar surface area (TPSA) is 122 Å². The van der Waals surface area contributed by atoms with Crippen LogP contribution in [-0.2, 0) is 21.2 Å². The number of aromatic nitrogens is 2. The summed E-state index contributed by atoms with van der Waals surface area (Å²) >= 11 is 0. The average Bonchev–Trinajstić information content (AvgIpc) is 3.22. The first-order valence-electron chi connectivity index (χ1n) is 10.8. The Morgan fingerprint density at radius 2 is 1.80 bits per heavy atom. The van der Waals surface area contributed by atoms with E-state index < -0.39 is 16.0 Å². The maximum Gasteiger partial charge on any atom is 0.321 e. The van der Waals surface area contributed by atoms with Crippen molar-refractivity contribution < 1.29 is 23.1 Å². The molecule has 10 heteroatoms. The summed E-state index contributed by atoms with van der Waals surface area (Å²) in [5.74, 6) is -0.965. The number of nitrogens with zero attached hydrogens (tertiary/aromatic N) is 3. The second kappa shape index (κ2) is 9.59. The lowest BCUT2D eigenvalue weighted by Gasteiger charge is -2.13. The molecule has 4 aromatic rings.